The summed E-state index contributed by atoms with van der Waals surface area (Å²) in [5.41, 5.74) is 0.962. The van der Waals surface area contributed by atoms with Crippen LogP contribution in [0.4, 0.5) is 0 Å². The molecule has 1 unspecified atom stereocenters. The second kappa shape index (κ2) is 7.46. The molecule has 136 valence electrons. The fraction of sp³-hybridized carbons (Fsp3) is 0.667. The molecule has 1 spiro atoms. The Morgan fingerprint density at radius 3 is 2.52 bits per heavy atom. The van der Waals surface area contributed by atoms with Crippen molar-refractivity contribution < 1.29 is 9.53 Å². The zero-order chi connectivity index (χ0) is 17.1. The third-order valence-corrected chi connectivity index (χ3v) is 6.74. The summed E-state index contributed by atoms with van der Waals surface area (Å²) < 4.78 is 5.74. The number of carbonyl (C=O) groups is 1. The Hall–Kier alpha value is -1.39. The van der Waals surface area contributed by atoms with Crippen LogP contribution in [0, 0.1) is 5.41 Å². The molecule has 2 heterocycles. The molecule has 3 aliphatic rings. The van der Waals surface area contributed by atoms with Gasteiger partial charge in [-0.3, -0.25) is 4.79 Å². The van der Waals surface area contributed by atoms with E-state index in [1.165, 1.54) is 51.6 Å². The quantitative estimate of drug-likeness (QED) is 0.917. The van der Waals surface area contributed by atoms with Crippen molar-refractivity contribution in [2.75, 3.05) is 26.3 Å². The third kappa shape index (κ3) is 3.61. The molecular weight excluding hydrogens is 312 g/mol. The van der Waals surface area contributed by atoms with Gasteiger partial charge in [-0.1, -0.05) is 31.0 Å². The molecule has 4 heteroatoms. The summed E-state index contributed by atoms with van der Waals surface area (Å²) in [4.78, 5) is 15.3. The molecule has 1 amide bonds. The first-order valence-electron chi connectivity index (χ1n) is 9.95. The molecule has 2 aliphatic heterocycles. The third-order valence-electron chi connectivity index (χ3n) is 6.74. The lowest BCUT2D eigenvalue weighted by Crippen LogP contribution is -2.58. The average Bonchev–Trinajstić information content (AvgIpc) is 3.20. The van der Waals surface area contributed by atoms with E-state index in [9.17, 15) is 4.79 Å². The Labute approximate surface area is 150 Å². The molecule has 1 N–H and O–H groups in total. The van der Waals surface area contributed by atoms with Gasteiger partial charge in [0, 0.05) is 18.2 Å². The molecule has 1 aliphatic carbocycles. The average molecular weight is 342 g/mol. The van der Waals surface area contributed by atoms with Crippen LogP contribution in [-0.2, 0) is 4.74 Å². The molecule has 0 bridgehead atoms. The number of nitrogens with one attached hydrogen (secondary N) is 1. The Bertz CT molecular complexity index is 575. The molecule has 4 nitrogen and oxygen atoms in total. The lowest BCUT2D eigenvalue weighted by Gasteiger charge is -2.50. The van der Waals surface area contributed by atoms with E-state index in [1.807, 2.05) is 30.3 Å². The fourth-order valence-corrected chi connectivity index (χ4v) is 5.06. The fourth-order valence-electron chi connectivity index (χ4n) is 5.06. The van der Waals surface area contributed by atoms with Crippen molar-refractivity contribution in [1.29, 1.82) is 0 Å². The van der Waals surface area contributed by atoms with Crippen LogP contribution in [-0.4, -0.2) is 49.2 Å². The maximum Gasteiger partial charge on any atom is 0.251 e. The van der Waals surface area contributed by atoms with E-state index in [4.69, 9.17) is 4.74 Å². The van der Waals surface area contributed by atoms with Crippen molar-refractivity contribution in [2.24, 2.45) is 5.41 Å². The van der Waals surface area contributed by atoms with E-state index in [2.05, 4.69) is 10.2 Å². The molecule has 0 aromatic heterocycles. The number of benzene rings is 1. The highest BCUT2D eigenvalue weighted by Crippen LogP contribution is 2.42. The number of piperidine rings is 1. The number of rotatable bonds is 3. The first kappa shape index (κ1) is 17.0. The highest BCUT2D eigenvalue weighted by Gasteiger charge is 2.45. The van der Waals surface area contributed by atoms with Crippen LogP contribution in [0.25, 0.3) is 0 Å². The molecule has 1 aromatic carbocycles. The summed E-state index contributed by atoms with van der Waals surface area (Å²) in [5, 5.41) is 3.30. The number of nitrogens with zero attached hydrogens (tertiary/aromatic N) is 1. The molecule has 4 rings (SSSR count). The summed E-state index contributed by atoms with van der Waals surface area (Å²) in [6.45, 7) is 3.86. The van der Waals surface area contributed by atoms with Gasteiger partial charge in [-0.05, 0) is 62.7 Å². The van der Waals surface area contributed by atoms with Crippen molar-refractivity contribution in [3.05, 3.63) is 35.9 Å². The number of amides is 1. The highest BCUT2D eigenvalue weighted by molar-refractivity contribution is 5.94. The SMILES string of the molecule is O=C(NC1COCCC12CCN(C1CCCC1)CC2)c1ccccc1. The number of likely N-dealkylation sites (tertiary alicyclic amines) is 1. The first-order valence-corrected chi connectivity index (χ1v) is 9.95. The molecule has 1 atom stereocenters. The van der Waals surface area contributed by atoms with Crippen molar-refractivity contribution in [2.45, 2.75) is 57.0 Å². The van der Waals surface area contributed by atoms with E-state index >= 15 is 0 Å². The van der Waals surface area contributed by atoms with Crippen molar-refractivity contribution in [3.63, 3.8) is 0 Å². The van der Waals surface area contributed by atoms with Gasteiger partial charge in [-0.15, -0.1) is 0 Å². The van der Waals surface area contributed by atoms with E-state index in [-0.39, 0.29) is 17.4 Å². The summed E-state index contributed by atoms with van der Waals surface area (Å²) in [6, 6.07) is 10.5. The number of hydrogen-bond acceptors (Lipinski definition) is 3. The van der Waals surface area contributed by atoms with E-state index < -0.39 is 0 Å². The second-order valence-corrected chi connectivity index (χ2v) is 8.05. The van der Waals surface area contributed by atoms with Crippen LogP contribution in [0.1, 0.15) is 55.3 Å². The van der Waals surface area contributed by atoms with E-state index in [0.29, 0.717) is 6.61 Å². The van der Waals surface area contributed by atoms with Gasteiger partial charge in [0.1, 0.15) is 0 Å². The van der Waals surface area contributed by atoms with E-state index in [1.54, 1.807) is 0 Å². The van der Waals surface area contributed by atoms with Crippen molar-refractivity contribution >= 4 is 5.91 Å². The van der Waals surface area contributed by atoms with Crippen LogP contribution >= 0.6 is 0 Å². The maximum absolute atomic E-state index is 12.6. The monoisotopic (exact) mass is 342 g/mol. The normalized spacial score (nSPS) is 27.4. The number of carbonyl (C=O) groups excluding carboxylic acids is 1. The lowest BCUT2D eigenvalue weighted by atomic mass is 9.69. The Kier molecular flexibility index (Phi) is 5.09. The molecule has 0 radical (unpaired) electrons. The van der Waals surface area contributed by atoms with Gasteiger partial charge in [-0.25, -0.2) is 0 Å². The van der Waals surface area contributed by atoms with Crippen LogP contribution < -0.4 is 5.32 Å². The number of hydrogen-bond donors (Lipinski definition) is 1. The summed E-state index contributed by atoms with van der Waals surface area (Å²) in [5.74, 6) is 0.0358. The molecular formula is C21H30N2O2. The Balaban J connectivity index is 1.41. The van der Waals surface area contributed by atoms with Gasteiger partial charge in [0.25, 0.3) is 5.91 Å². The molecule has 3 fully saturated rings. The lowest BCUT2D eigenvalue weighted by molar-refractivity contribution is -0.0530. The second-order valence-electron chi connectivity index (χ2n) is 8.05. The zero-order valence-electron chi connectivity index (χ0n) is 15.1. The van der Waals surface area contributed by atoms with Gasteiger partial charge in [0.15, 0.2) is 0 Å². The Morgan fingerprint density at radius 2 is 1.80 bits per heavy atom. The van der Waals surface area contributed by atoms with Gasteiger partial charge in [-0.2, -0.15) is 0 Å². The van der Waals surface area contributed by atoms with Gasteiger partial charge in [0.2, 0.25) is 0 Å². The standard InChI is InChI=1S/C21H30N2O2/c24-20(17-6-2-1-3-7-17)22-19-16-25-15-12-21(19)10-13-23(14-11-21)18-8-4-5-9-18/h1-3,6-7,18-19H,4-5,8-16H2,(H,22,24). The minimum Gasteiger partial charge on any atom is -0.379 e. The topological polar surface area (TPSA) is 41.6 Å². The zero-order valence-corrected chi connectivity index (χ0v) is 15.1. The van der Waals surface area contributed by atoms with Crippen LogP contribution in [0.5, 0.6) is 0 Å². The van der Waals surface area contributed by atoms with Crippen LogP contribution in [0.15, 0.2) is 30.3 Å². The maximum atomic E-state index is 12.6. The summed E-state index contributed by atoms with van der Waals surface area (Å²) >= 11 is 0. The predicted octanol–water partition coefficient (Wildman–Crippen LogP) is 3.23. The summed E-state index contributed by atoms with van der Waals surface area (Å²) in [7, 11) is 0. The highest BCUT2D eigenvalue weighted by atomic mass is 16.5. The number of ether oxygens (including phenoxy) is 1. The van der Waals surface area contributed by atoms with Crippen LogP contribution in [0.2, 0.25) is 0 Å². The first-order chi connectivity index (χ1) is 12.3. The van der Waals surface area contributed by atoms with Gasteiger partial charge >= 0.3 is 0 Å². The molecule has 2 saturated heterocycles. The smallest absolute Gasteiger partial charge is 0.251 e. The van der Waals surface area contributed by atoms with Gasteiger partial charge < -0.3 is 15.0 Å². The largest absolute Gasteiger partial charge is 0.379 e. The minimum absolute atomic E-state index is 0.0358. The molecule has 25 heavy (non-hydrogen) atoms. The van der Waals surface area contributed by atoms with Gasteiger partial charge in [0.05, 0.1) is 12.6 Å². The molecule has 1 saturated carbocycles. The predicted molar refractivity (Wildman–Crippen MR) is 98.6 cm³/mol. The summed E-state index contributed by atoms with van der Waals surface area (Å²) in [6.07, 6.45) is 9.00. The van der Waals surface area contributed by atoms with Crippen molar-refractivity contribution in [3.8, 4) is 0 Å². The van der Waals surface area contributed by atoms with Crippen LogP contribution in [0.3, 0.4) is 0 Å². The molecule has 1 aromatic rings. The van der Waals surface area contributed by atoms with Crippen molar-refractivity contribution in [1.82, 2.24) is 10.2 Å². The minimum atomic E-state index is 0.0358. The van der Waals surface area contributed by atoms with E-state index in [0.717, 1.165) is 24.6 Å². The Morgan fingerprint density at radius 1 is 1.08 bits per heavy atom.